The number of amides is 1. The van der Waals surface area contributed by atoms with Crippen molar-refractivity contribution in [1.82, 2.24) is 0 Å². The normalized spacial score (nSPS) is 10.0. The SMILES string of the molecule is COc1cccc(C(=O)Nc2c(OC)cccc2C(C)=O)c1N. The van der Waals surface area contributed by atoms with Crippen LogP contribution in [0, 0.1) is 0 Å². The van der Waals surface area contributed by atoms with E-state index in [1.165, 1.54) is 21.1 Å². The Balaban J connectivity index is 2.43. The molecule has 2 aromatic carbocycles. The van der Waals surface area contributed by atoms with Gasteiger partial charge in [-0.3, -0.25) is 9.59 Å². The van der Waals surface area contributed by atoms with Gasteiger partial charge in [-0.25, -0.2) is 0 Å². The van der Waals surface area contributed by atoms with Crippen molar-refractivity contribution in [3.63, 3.8) is 0 Å². The summed E-state index contributed by atoms with van der Waals surface area (Å²) >= 11 is 0. The smallest absolute Gasteiger partial charge is 0.258 e. The Hall–Kier alpha value is -3.02. The van der Waals surface area contributed by atoms with Gasteiger partial charge in [-0.2, -0.15) is 0 Å². The van der Waals surface area contributed by atoms with Gasteiger partial charge < -0.3 is 20.5 Å². The Bertz CT molecular complexity index is 756. The van der Waals surface area contributed by atoms with Crippen LogP contribution in [0.1, 0.15) is 27.6 Å². The van der Waals surface area contributed by atoms with Gasteiger partial charge in [0.05, 0.1) is 31.2 Å². The molecule has 0 fully saturated rings. The number of carbonyl (C=O) groups excluding carboxylic acids is 2. The van der Waals surface area contributed by atoms with E-state index in [4.69, 9.17) is 15.2 Å². The molecule has 0 heterocycles. The summed E-state index contributed by atoms with van der Waals surface area (Å²) in [7, 11) is 2.94. The molecular formula is C17H18N2O4. The van der Waals surface area contributed by atoms with Crippen molar-refractivity contribution < 1.29 is 19.1 Å². The molecule has 6 nitrogen and oxygen atoms in total. The third-order valence-electron chi connectivity index (χ3n) is 3.39. The number of carbonyl (C=O) groups is 2. The molecule has 0 radical (unpaired) electrons. The van der Waals surface area contributed by atoms with Crippen molar-refractivity contribution >= 4 is 23.1 Å². The lowest BCUT2D eigenvalue weighted by atomic mass is 10.1. The number of hydrogen-bond donors (Lipinski definition) is 2. The minimum atomic E-state index is -0.451. The second-order valence-electron chi connectivity index (χ2n) is 4.81. The fourth-order valence-electron chi connectivity index (χ4n) is 2.22. The van der Waals surface area contributed by atoms with Gasteiger partial charge in [0.15, 0.2) is 5.78 Å². The van der Waals surface area contributed by atoms with Crippen LogP contribution in [0.25, 0.3) is 0 Å². The van der Waals surface area contributed by atoms with Crippen molar-refractivity contribution in [3.05, 3.63) is 47.5 Å². The first-order valence-electron chi connectivity index (χ1n) is 6.91. The molecule has 0 saturated carbocycles. The van der Waals surface area contributed by atoms with E-state index in [1.54, 1.807) is 36.4 Å². The van der Waals surface area contributed by atoms with E-state index in [1.807, 2.05) is 0 Å². The standard InChI is InChI=1S/C17H18N2O4/c1-10(20)11-6-4-9-14(23-3)16(11)19-17(21)12-7-5-8-13(22-2)15(12)18/h4-9H,18H2,1-3H3,(H,19,21). The Kier molecular flexibility index (Phi) is 4.85. The van der Waals surface area contributed by atoms with Crippen molar-refractivity contribution in [2.45, 2.75) is 6.92 Å². The number of nitrogens with one attached hydrogen (secondary N) is 1. The number of hydrogen-bond acceptors (Lipinski definition) is 5. The zero-order chi connectivity index (χ0) is 17.0. The van der Waals surface area contributed by atoms with Crippen molar-refractivity contribution in [2.75, 3.05) is 25.3 Å². The maximum absolute atomic E-state index is 12.5. The topological polar surface area (TPSA) is 90.6 Å². The Morgan fingerprint density at radius 2 is 1.52 bits per heavy atom. The number of ether oxygens (including phenoxy) is 2. The molecular weight excluding hydrogens is 296 g/mol. The lowest BCUT2D eigenvalue weighted by Crippen LogP contribution is -2.17. The monoisotopic (exact) mass is 314 g/mol. The predicted octanol–water partition coefficient (Wildman–Crippen LogP) is 2.74. The molecule has 0 saturated heterocycles. The molecule has 0 aromatic heterocycles. The summed E-state index contributed by atoms with van der Waals surface area (Å²) in [6, 6.07) is 9.88. The second kappa shape index (κ2) is 6.83. The highest BCUT2D eigenvalue weighted by Gasteiger charge is 2.18. The van der Waals surface area contributed by atoms with Crippen LogP contribution in [0.5, 0.6) is 11.5 Å². The van der Waals surface area contributed by atoms with Gasteiger partial charge >= 0.3 is 0 Å². The molecule has 0 aliphatic rings. The number of methoxy groups -OCH3 is 2. The quantitative estimate of drug-likeness (QED) is 0.654. The van der Waals surface area contributed by atoms with Crippen LogP contribution in [0.2, 0.25) is 0 Å². The van der Waals surface area contributed by atoms with Crippen molar-refractivity contribution in [2.24, 2.45) is 0 Å². The molecule has 3 N–H and O–H groups in total. The summed E-state index contributed by atoms with van der Waals surface area (Å²) in [5.41, 5.74) is 7.09. The number of anilines is 2. The molecule has 2 aromatic rings. The molecule has 0 aliphatic heterocycles. The first kappa shape index (κ1) is 16.4. The van der Waals surface area contributed by atoms with Crippen LogP contribution in [0.15, 0.2) is 36.4 Å². The Morgan fingerprint density at radius 3 is 2.09 bits per heavy atom. The maximum Gasteiger partial charge on any atom is 0.258 e. The number of rotatable bonds is 5. The highest BCUT2D eigenvalue weighted by molar-refractivity contribution is 6.12. The zero-order valence-electron chi connectivity index (χ0n) is 13.2. The van der Waals surface area contributed by atoms with E-state index in [2.05, 4.69) is 5.32 Å². The van der Waals surface area contributed by atoms with Crippen LogP contribution < -0.4 is 20.5 Å². The van der Waals surface area contributed by atoms with Crippen molar-refractivity contribution in [1.29, 1.82) is 0 Å². The van der Waals surface area contributed by atoms with E-state index in [-0.39, 0.29) is 17.0 Å². The number of para-hydroxylation sites is 2. The molecule has 0 atom stereocenters. The van der Waals surface area contributed by atoms with Crippen LogP contribution in [0.4, 0.5) is 11.4 Å². The average Bonchev–Trinajstić information content (AvgIpc) is 2.54. The van der Waals surface area contributed by atoms with E-state index in [0.717, 1.165) is 0 Å². The Labute approximate surface area is 134 Å². The molecule has 120 valence electrons. The number of nitrogens with two attached hydrogens (primary N) is 1. The molecule has 0 spiro atoms. The summed E-state index contributed by atoms with van der Waals surface area (Å²) in [6.45, 7) is 1.42. The first-order chi connectivity index (χ1) is 11.0. The zero-order valence-corrected chi connectivity index (χ0v) is 13.2. The number of Topliss-reactive ketones (excluding diaryl/α,β-unsaturated/α-hetero) is 1. The third-order valence-corrected chi connectivity index (χ3v) is 3.39. The summed E-state index contributed by atoms with van der Waals surface area (Å²) in [5, 5.41) is 2.70. The average molecular weight is 314 g/mol. The van der Waals surface area contributed by atoms with Gasteiger partial charge in [0.25, 0.3) is 5.91 Å². The lowest BCUT2D eigenvalue weighted by molar-refractivity contribution is 0.101. The van der Waals surface area contributed by atoms with Gasteiger partial charge in [-0.15, -0.1) is 0 Å². The summed E-state index contributed by atoms with van der Waals surface area (Å²) < 4.78 is 10.3. The third kappa shape index (κ3) is 3.26. The van der Waals surface area contributed by atoms with Gasteiger partial charge in [0.1, 0.15) is 11.5 Å². The van der Waals surface area contributed by atoms with E-state index in [9.17, 15) is 9.59 Å². The summed E-state index contributed by atoms with van der Waals surface area (Å²) in [5.74, 6) is 0.170. The molecule has 23 heavy (non-hydrogen) atoms. The molecule has 6 heteroatoms. The van der Waals surface area contributed by atoms with Gasteiger partial charge in [-0.05, 0) is 31.2 Å². The lowest BCUT2D eigenvalue weighted by Gasteiger charge is -2.15. The highest BCUT2D eigenvalue weighted by atomic mass is 16.5. The molecule has 2 rings (SSSR count). The van der Waals surface area contributed by atoms with Crippen LogP contribution >= 0.6 is 0 Å². The van der Waals surface area contributed by atoms with Crippen LogP contribution in [-0.2, 0) is 0 Å². The highest BCUT2D eigenvalue weighted by Crippen LogP contribution is 2.31. The number of benzene rings is 2. The molecule has 0 aliphatic carbocycles. The first-order valence-corrected chi connectivity index (χ1v) is 6.91. The van der Waals surface area contributed by atoms with Crippen LogP contribution in [0.3, 0.4) is 0 Å². The van der Waals surface area contributed by atoms with Gasteiger partial charge in [0.2, 0.25) is 0 Å². The maximum atomic E-state index is 12.5. The minimum absolute atomic E-state index is 0.183. The fourth-order valence-corrected chi connectivity index (χ4v) is 2.22. The minimum Gasteiger partial charge on any atom is -0.495 e. The predicted molar refractivity (Wildman–Crippen MR) is 88.4 cm³/mol. The number of nitrogen functional groups attached to an aromatic ring is 1. The molecule has 0 unspecified atom stereocenters. The fraction of sp³-hybridized carbons (Fsp3) is 0.176. The van der Waals surface area contributed by atoms with Gasteiger partial charge in [0, 0.05) is 5.56 Å². The summed E-state index contributed by atoms with van der Waals surface area (Å²) in [6.07, 6.45) is 0. The number of ketones is 1. The van der Waals surface area contributed by atoms with E-state index in [0.29, 0.717) is 22.7 Å². The van der Waals surface area contributed by atoms with E-state index >= 15 is 0 Å². The second-order valence-corrected chi connectivity index (χ2v) is 4.81. The largest absolute Gasteiger partial charge is 0.495 e. The van der Waals surface area contributed by atoms with Gasteiger partial charge in [-0.1, -0.05) is 12.1 Å². The van der Waals surface area contributed by atoms with Crippen molar-refractivity contribution in [3.8, 4) is 11.5 Å². The Morgan fingerprint density at radius 1 is 0.957 bits per heavy atom. The molecule has 0 bridgehead atoms. The van der Waals surface area contributed by atoms with E-state index < -0.39 is 5.91 Å². The molecule has 1 amide bonds. The summed E-state index contributed by atoms with van der Waals surface area (Å²) in [4.78, 5) is 24.3. The van der Waals surface area contributed by atoms with Crippen LogP contribution in [-0.4, -0.2) is 25.9 Å².